The molecule has 0 saturated heterocycles. The molecule has 0 aromatic rings. The van der Waals surface area contributed by atoms with E-state index in [2.05, 4.69) is 12.2 Å². The van der Waals surface area contributed by atoms with Gasteiger partial charge >= 0.3 is 0 Å². The first-order chi connectivity index (χ1) is 14.3. The number of amides is 1. The number of unbranched alkanes of at least 4 members (excludes halogenated alkanes) is 14. The molecule has 0 aliphatic heterocycles. The molecular formula is C25H53N2O3+. The summed E-state index contributed by atoms with van der Waals surface area (Å²) in [4.78, 5) is 11.0. The highest BCUT2D eigenvalue weighted by Crippen LogP contribution is 2.23. The summed E-state index contributed by atoms with van der Waals surface area (Å²) in [6.45, 7) is 6.35. The molecule has 0 radical (unpaired) electrons. The van der Waals surface area contributed by atoms with E-state index in [-0.39, 0.29) is 12.5 Å². The van der Waals surface area contributed by atoms with Gasteiger partial charge in [0.15, 0.2) is 5.54 Å². The summed E-state index contributed by atoms with van der Waals surface area (Å²) in [5.41, 5.74) is -0.778. The molecule has 0 aromatic carbocycles. The van der Waals surface area contributed by atoms with Gasteiger partial charge in [-0.05, 0) is 24.6 Å². The summed E-state index contributed by atoms with van der Waals surface area (Å²) in [7, 11) is 1.34. The van der Waals surface area contributed by atoms with Crippen molar-refractivity contribution in [3.8, 4) is 0 Å². The molecule has 1 atom stereocenters. The van der Waals surface area contributed by atoms with Crippen molar-refractivity contribution in [3.63, 3.8) is 0 Å². The van der Waals surface area contributed by atoms with Crippen molar-refractivity contribution in [1.29, 1.82) is 0 Å². The van der Waals surface area contributed by atoms with Crippen molar-refractivity contribution < 1.29 is 20.0 Å². The zero-order valence-electron chi connectivity index (χ0n) is 20.7. The Morgan fingerprint density at radius 1 is 0.733 bits per heavy atom. The molecule has 3 N–H and O–H groups in total. The van der Waals surface area contributed by atoms with Crippen LogP contribution >= 0.6 is 0 Å². The van der Waals surface area contributed by atoms with Gasteiger partial charge in [0.25, 0.3) is 0 Å². The molecule has 0 fully saturated rings. The smallest absolute Gasteiger partial charge is 0.220 e. The van der Waals surface area contributed by atoms with Crippen LogP contribution in [0.2, 0.25) is 0 Å². The lowest BCUT2D eigenvalue weighted by atomic mass is 9.95. The number of quaternary nitrogens is 1. The SMILES string of the molecule is CCCCCCCCCCCCCCCCCC(=O)NCC(C)(CCC)[N+](C)(O)O. The lowest BCUT2D eigenvalue weighted by molar-refractivity contribution is -1.26. The first-order valence-corrected chi connectivity index (χ1v) is 12.9. The number of rotatable bonds is 21. The molecule has 5 heteroatoms. The first kappa shape index (κ1) is 29.4. The average Bonchev–Trinajstić information content (AvgIpc) is 2.68. The van der Waals surface area contributed by atoms with Gasteiger partial charge in [-0.2, -0.15) is 10.4 Å². The van der Waals surface area contributed by atoms with Crippen LogP contribution in [0.5, 0.6) is 0 Å². The van der Waals surface area contributed by atoms with Crippen LogP contribution in [0.4, 0.5) is 0 Å². The van der Waals surface area contributed by atoms with E-state index in [9.17, 15) is 15.2 Å². The molecule has 5 nitrogen and oxygen atoms in total. The van der Waals surface area contributed by atoms with Crippen molar-refractivity contribution in [2.24, 2.45) is 0 Å². The number of carbonyl (C=O) groups excluding carboxylic acids is 1. The van der Waals surface area contributed by atoms with E-state index < -0.39 is 10.3 Å². The van der Waals surface area contributed by atoms with Gasteiger partial charge in [0.2, 0.25) is 5.91 Å². The van der Waals surface area contributed by atoms with E-state index in [1.807, 2.05) is 6.92 Å². The Bertz CT molecular complexity index is 410. The summed E-state index contributed by atoms with van der Waals surface area (Å²) in [6, 6.07) is 0. The highest BCUT2D eigenvalue weighted by molar-refractivity contribution is 5.75. The second kappa shape index (κ2) is 18.0. The molecule has 1 unspecified atom stereocenters. The van der Waals surface area contributed by atoms with Crippen LogP contribution in [-0.2, 0) is 4.79 Å². The molecular weight excluding hydrogens is 376 g/mol. The Kier molecular flexibility index (Phi) is 17.6. The van der Waals surface area contributed by atoms with Gasteiger partial charge < -0.3 is 5.32 Å². The van der Waals surface area contributed by atoms with Crippen LogP contribution in [0, 0.1) is 0 Å². The normalized spacial score (nSPS) is 13.9. The first-order valence-electron chi connectivity index (χ1n) is 12.9. The molecule has 0 bridgehead atoms. The van der Waals surface area contributed by atoms with E-state index in [1.54, 1.807) is 6.92 Å². The van der Waals surface area contributed by atoms with Crippen LogP contribution in [0.25, 0.3) is 0 Å². The van der Waals surface area contributed by atoms with Crippen LogP contribution < -0.4 is 5.32 Å². The standard InChI is InChI=1S/C25H52N2O3/c1-5-7-8-9-10-11-12-13-14-15-16-17-18-19-20-21-24(28)26-23-25(3,22-6-2)27(4,29)30/h29-30H,5-23H2,1-4H3/p+1. The monoisotopic (exact) mass is 429 g/mol. The minimum absolute atomic E-state index is 0.0143. The number of hydrogen-bond donors (Lipinski definition) is 3. The molecule has 0 saturated carbocycles. The summed E-state index contributed by atoms with van der Waals surface area (Å²) in [5, 5.41) is 22.8. The van der Waals surface area contributed by atoms with E-state index in [0.717, 1.165) is 19.3 Å². The Labute approximate surface area is 187 Å². The fourth-order valence-electron chi connectivity index (χ4n) is 4.02. The van der Waals surface area contributed by atoms with E-state index in [4.69, 9.17) is 0 Å². The van der Waals surface area contributed by atoms with Crippen molar-refractivity contribution in [2.45, 2.75) is 142 Å². The fourth-order valence-corrected chi connectivity index (χ4v) is 4.02. The Balaban J connectivity index is 3.53. The van der Waals surface area contributed by atoms with Crippen LogP contribution in [-0.4, -0.2) is 40.3 Å². The highest BCUT2D eigenvalue weighted by Gasteiger charge is 2.43. The Morgan fingerprint density at radius 3 is 1.50 bits per heavy atom. The number of hydrogen-bond acceptors (Lipinski definition) is 3. The molecule has 0 aliphatic rings. The average molecular weight is 430 g/mol. The van der Waals surface area contributed by atoms with Crippen molar-refractivity contribution >= 4 is 5.91 Å². The van der Waals surface area contributed by atoms with Crippen LogP contribution in [0.15, 0.2) is 0 Å². The van der Waals surface area contributed by atoms with Gasteiger partial charge in [0, 0.05) is 12.8 Å². The minimum atomic E-state index is -1.11. The number of nitrogens with zero attached hydrogens (tertiary/aromatic N) is 1. The number of hydroxylamine groups is 4. The molecule has 0 rings (SSSR count). The van der Waals surface area contributed by atoms with Gasteiger partial charge in [-0.1, -0.05) is 104 Å². The molecule has 0 spiro atoms. The summed E-state index contributed by atoms with van der Waals surface area (Å²) >= 11 is 0. The molecule has 0 aromatic heterocycles. The zero-order chi connectivity index (χ0) is 22.7. The summed E-state index contributed by atoms with van der Waals surface area (Å²) in [5.74, 6) is 0.0143. The number of likely N-dealkylation sites (N-methyl/N-ethyl adjacent to an activating group) is 1. The van der Waals surface area contributed by atoms with Gasteiger partial charge in [0.1, 0.15) is 7.05 Å². The van der Waals surface area contributed by atoms with E-state index in [0.29, 0.717) is 12.8 Å². The maximum atomic E-state index is 12.1. The largest absolute Gasteiger partial charge is 0.350 e. The van der Waals surface area contributed by atoms with Gasteiger partial charge in [0.05, 0.1) is 6.54 Å². The zero-order valence-corrected chi connectivity index (χ0v) is 20.7. The maximum absolute atomic E-state index is 12.1. The molecule has 30 heavy (non-hydrogen) atoms. The van der Waals surface area contributed by atoms with Crippen molar-refractivity contribution in [3.05, 3.63) is 0 Å². The highest BCUT2D eigenvalue weighted by atomic mass is 16.8. The Morgan fingerprint density at radius 2 is 1.13 bits per heavy atom. The topological polar surface area (TPSA) is 69.6 Å². The van der Waals surface area contributed by atoms with Gasteiger partial charge in [-0.15, -0.1) is 0 Å². The Hall–Kier alpha value is -0.650. The maximum Gasteiger partial charge on any atom is 0.220 e. The number of carbonyl (C=O) groups is 1. The molecule has 0 aliphatic carbocycles. The summed E-state index contributed by atoms with van der Waals surface area (Å²) in [6.07, 6.45) is 21.8. The van der Waals surface area contributed by atoms with Gasteiger partial charge in [-0.25, -0.2) is 0 Å². The number of nitrogens with one attached hydrogen (secondary N) is 1. The summed E-state index contributed by atoms with van der Waals surface area (Å²) < 4.78 is 0. The fraction of sp³-hybridized carbons (Fsp3) is 0.960. The minimum Gasteiger partial charge on any atom is -0.350 e. The molecule has 180 valence electrons. The lowest BCUT2D eigenvalue weighted by Crippen LogP contribution is -2.61. The van der Waals surface area contributed by atoms with E-state index >= 15 is 0 Å². The van der Waals surface area contributed by atoms with Crippen LogP contribution in [0.1, 0.15) is 136 Å². The van der Waals surface area contributed by atoms with Gasteiger partial charge in [-0.3, -0.25) is 4.79 Å². The predicted molar refractivity (Wildman–Crippen MR) is 126 cm³/mol. The third-order valence-corrected chi connectivity index (χ3v) is 6.49. The lowest BCUT2D eigenvalue weighted by Gasteiger charge is -2.36. The third-order valence-electron chi connectivity index (χ3n) is 6.49. The van der Waals surface area contributed by atoms with Crippen molar-refractivity contribution in [1.82, 2.24) is 5.32 Å². The second-order valence-electron chi connectivity index (χ2n) is 9.64. The quantitative estimate of drug-likeness (QED) is 0.103. The molecule has 1 amide bonds. The predicted octanol–water partition coefficient (Wildman–Crippen LogP) is 7.15. The van der Waals surface area contributed by atoms with E-state index in [1.165, 1.54) is 90.5 Å². The van der Waals surface area contributed by atoms with Crippen molar-refractivity contribution in [2.75, 3.05) is 13.6 Å². The second-order valence-corrected chi connectivity index (χ2v) is 9.64. The molecule has 0 heterocycles. The van der Waals surface area contributed by atoms with Crippen LogP contribution in [0.3, 0.4) is 0 Å². The third kappa shape index (κ3) is 15.2.